The number of halogens is 1. The minimum atomic E-state index is 0. The van der Waals surface area contributed by atoms with Gasteiger partial charge >= 0.3 is 0 Å². The molecule has 1 heterocycles. The van der Waals surface area contributed by atoms with Gasteiger partial charge in [0.1, 0.15) is 5.75 Å². The molecule has 2 aromatic rings. The lowest BCUT2D eigenvalue weighted by molar-refractivity contribution is -0.120. The molecule has 0 bridgehead atoms. The molecule has 5 heteroatoms. The highest BCUT2D eigenvalue weighted by Crippen LogP contribution is 2.17. The topological polar surface area (TPSA) is 50.4 Å². The average molecular weight is 333 g/mol. The zero-order valence-corrected chi connectivity index (χ0v) is 13.9. The Labute approximate surface area is 142 Å². The van der Waals surface area contributed by atoms with Crippen LogP contribution in [0.4, 0.5) is 0 Å². The van der Waals surface area contributed by atoms with Gasteiger partial charge in [-0.25, -0.2) is 0 Å². The van der Waals surface area contributed by atoms with Gasteiger partial charge in [0.05, 0.1) is 13.5 Å². The van der Waals surface area contributed by atoms with Crippen molar-refractivity contribution >= 4 is 18.3 Å². The SMILES string of the molecule is COc1ccc(CC(=O)NCc2ccc3c(c2)CNC3)cc1.Cl. The van der Waals surface area contributed by atoms with Gasteiger partial charge < -0.3 is 15.4 Å². The number of methoxy groups -OCH3 is 1. The number of hydrogen-bond acceptors (Lipinski definition) is 3. The van der Waals surface area contributed by atoms with Crippen LogP contribution in [0.5, 0.6) is 5.75 Å². The van der Waals surface area contributed by atoms with Crippen molar-refractivity contribution in [1.82, 2.24) is 10.6 Å². The molecule has 1 amide bonds. The van der Waals surface area contributed by atoms with Crippen molar-refractivity contribution in [2.75, 3.05) is 7.11 Å². The number of rotatable bonds is 5. The Bertz CT molecular complexity index is 671. The summed E-state index contributed by atoms with van der Waals surface area (Å²) in [5.41, 5.74) is 4.82. The van der Waals surface area contributed by atoms with Gasteiger partial charge in [0.15, 0.2) is 0 Å². The minimum Gasteiger partial charge on any atom is -0.497 e. The van der Waals surface area contributed by atoms with Gasteiger partial charge in [-0.15, -0.1) is 12.4 Å². The lowest BCUT2D eigenvalue weighted by atomic mass is 10.1. The predicted molar refractivity (Wildman–Crippen MR) is 92.8 cm³/mol. The summed E-state index contributed by atoms with van der Waals surface area (Å²) in [7, 11) is 1.63. The fourth-order valence-corrected chi connectivity index (χ4v) is 2.65. The molecule has 0 saturated carbocycles. The number of carbonyl (C=O) groups is 1. The summed E-state index contributed by atoms with van der Waals surface area (Å²) in [5.74, 6) is 0.833. The number of nitrogens with one attached hydrogen (secondary N) is 2. The third kappa shape index (κ3) is 4.47. The summed E-state index contributed by atoms with van der Waals surface area (Å²) >= 11 is 0. The average Bonchev–Trinajstić information content (AvgIpc) is 3.01. The molecule has 3 rings (SSSR count). The third-order valence-corrected chi connectivity index (χ3v) is 3.91. The van der Waals surface area contributed by atoms with Crippen LogP contribution in [0, 0.1) is 0 Å². The van der Waals surface area contributed by atoms with Crippen molar-refractivity contribution in [1.29, 1.82) is 0 Å². The summed E-state index contributed by atoms with van der Waals surface area (Å²) in [6, 6.07) is 14.0. The van der Waals surface area contributed by atoms with Crippen molar-refractivity contribution in [3.8, 4) is 5.75 Å². The normalized spacial score (nSPS) is 12.2. The molecule has 23 heavy (non-hydrogen) atoms. The molecule has 1 aliphatic rings. The Kier molecular flexibility index (Phi) is 6.02. The molecule has 0 radical (unpaired) electrons. The molecule has 0 fully saturated rings. The first-order valence-electron chi connectivity index (χ1n) is 7.45. The second kappa shape index (κ2) is 7.99. The molecule has 2 N–H and O–H groups in total. The van der Waals surface area contributed by atoms with Gasteiger partial charge in [-0.3, -0.25) is 4.79 Å². The molecule has 0 spiro atoms. The Hall–Kier alpha value is -2.04. The molecule has 0 aromatic heterocycles. The molecule has 0 aliphatic carbocycles. The predicted octanol–water partition coefficient (Wildman–Crippen LogP) is 2.58. The highest BCUT2D eigenvalue weighted by atomic mass is 35.5. The number of benzene rings is 2. The number of carbonyl (C=O) groups excluding carboxylic acids is 1. The van der Waals surface area contributed by atoms with E-state index in [1.807, 2.05) is 24.3 Å². The van der Waals surface area contributed by atoms with Crippen molar-refractivity contribution in [3.05, 3.63) is 64.7 Å². The molecule has 0 saturated heterocycles. The lowest BCUT2D eigenvalue weighted by Crippen LogP contribution is -2.24. The van der Waals surface area contributed by atoms with Crippen LogP contribution in [0.2, 0.25) is 0 Å². The number of ether oxygens (including phenoxy) is 1. The highest BCUT2D eigenvalue weighted by Gasteiger charge is 2.10. The van der Waals surface area contributed by atoms with E-state index >= 15 is 0 Å². The smallest absolute Gasteiger partial charge is 0.224 e. The highest BCUT2D eigenvalue weighted by molar-refractivity contribution is 5.85. The Morgan fingerprint density at radius 3 is 2.52 bits per heavy atom. The van der Waals surface area contributed by atoms with Crippen LogP contribution in [0.1, 0.15) is 22.3 Å². The molecule has 122 valence electrons. The molecule has 1 aliphatic heterocycles. The Morgan fingerprint density at radius 2 is 1.78 bits per heavy atom. The summed E-state index contributed by atoms with van der Waals surface area (Å²) in [4.78, 5) is 12.0. The van der Waals surface area contributed by atoms with E-state index in [1.165, 1.54) is 11.1 Å². The number of fused-ring (bicyclic) bond motifs is 1. The first-order chi connectivity index (χ1) is 10.7. The third-order valence-electron chi connectivity index (χ3n) is 3.91. The molecular weight excluding hydrogens is 312 g/mol. The number of hydrogen-bond donors (Lipinski definition) is 2. The first-order valence-corrected chi connectivity index (χ1v) is 7.45. The van der Waals surface area contributed by atoms with E-state index in [4.69, 9.17) is 4.74 Å². The zero-order chi connectivity index (χ0) is 15.4. The van der Waals surface area contributed by atoms with E-state index in [9.17, 15) is 4.79 Å². The second-order valence-electron chi connectivity index (χ2n) is 5.51. The molecular formula is C18H21ClN2O2. The molecule has 2 aromatic carbocycles. The molecule has 4 nitrogen and oxygen atoms in total. The summed E-state index contributed by atoms with van der Waals surface area (Å²) in [5, 5.41) is 6.30. The molecule has 0 atom stereocenters. The van der Waals surface area contributed by atoms with E-state index in [2.05, 4.69) is 28.8 Å². The Morgan fingerprint density at radius 1 is 1.09 bits per heavy atom. The quantitative estimate of drug-likeness (QED) is 0.885. The second-order valence-corrected chi connectivity index (χ2v) is 5.51. The largest absolute Gasteiger partial charge is 0.497 e. The summed E-state index contributed by atoms with van der Waals surface area (Å²) in [6.07, 6.45) is 0.385. The van der Waals surface area contributed by atoms with E-state index in [0.29, 0.717) is 13.0 Å². The summed E-state index contributed by atoms with van der Waals surface area (Å²) < 4.78 is 5.11. The zero-order valence-electron chi connectivity index (χ0n) is 13.1. The van der Waals surface area contributed by atoms with Crippen molar-refractivity contribution in [2.45, 2.75) is 26.1 Å². The number of amides is 1. The van der Waals surface area contributed by atoms with E-state index in [-0.39, 0.29) is 18.3 Å². The van der Waals surface area contributed by atoms with Crippen molar-refractivity contribution < 1.29 is 9.53 Å². The minimum absolute atomic E-state index is 0. The van der Waals surface area contributed by atoms with Gasteiger partial charge in [0.25, 0.3) is 0 Å². The van der Waals surface area contributed by atoms with Gasteiger partial charge in [0.2, 0.25) is 5.91 Å². The van der Waals surface area contributed by atoms with Crippen molar-refractivity contribution in [2.24, 2.45) is 0 Å². The van der Waals surface area contributed by atoms with Crippen LogP contribution < -0.4 is 15.4 Å². The van der Waals surface area contributed by atoms with Crippen LogP contribution in [0.25, 0.3) is 0 Å². The maximum Gasteiger partial charge on any atom is 0.224 e. The summed E-state index contributed by atoms with van der Waals surface area (Å²) in [6.45, 7) is 2.44. The molecule has 0 unspecified atom stereocenters. The van der Waals surface area contributed by atoms with Crippen LogP contribution in [-0.4, -0.2) is 13.0 Å². The van der Waals surface area contributed by atoms with E-state index < -0.39 is 0 Å². The van der Waals surface area contributed by atoms with Crippen LogP contribution in [0.3, 0.4) is 0 Å². The van der Waals surface area contributed by atoms with Crippen molar-refractivity contribution in [3.63, 3.8) is 0 Å². The monoisotopic (exact) mass is 332 g/mol. The standard InChI is InChI=1S/C18H20N2O2.ClH/c1-22-17-6-3-13(4-7-17)9-18(21)20-10-14-2-5-15-11-19-12-16(15)8-14;/h2-8,19H,9-12H2,1H3,(H,20,21);1H. The lowest BCUT2D eigenvalue weighted by Gasteiger charge is -2.08. The fraction of sp³-hybridized carbons (Fsp3) is 0.278. The Balaban J connectivity index is 0.00000192. The fourth-order valence-electron chi connectivity index (χ4n) is 2.65. The van der Waals surface area contributed by atoms with Gasteiger partial charge in [0, 0.05) is 19.6 Å². The first kappa shape index (κ1) is 17.3. The van der Waals surface area contributed by atoms with Crippen LogP contribution in [0.15, 0.2) is 42.5 Å². The van der Waals surface area contributed by atoms with Gasteiger partial charge in [-0.05, 0) is 34.4 Å². The van der Waals surface area contributed by atoms with Gasteiger partial charge in [-0.2, -0.15) is 0 Å². The van der Waals surface area contributed by atoms with Crippen LogP contribution >= 0.6 is 12.4 Å². The van der Waals surface area contributed by atoms with Gasteiger partial charge in [-0.1, -0.05) is 30.3 Å². The maximum atomic E-state index is 12.0. The van der Waals surface area contributed by atoms with E-state index in [0.717, 1.165) is 30.0 Å². The van der Waals surface area contributed by atoms with Crippen LogP contribution in [-0.2, 0) is 30.8 Å². The maximum absolute atomic E-state index is 12.0. The van der Waals surface area contributed by atoms with E-state index in [1.54, 1.807) is 7.11 Å².